The Hall–Kier alpha value is -0.130. The summed E-state index contributed by atoms with van der Waals surface area (Å²) in [4.78, 5) is 15.8. The molecule has 0 rings (SSSR count). The van der Waals surface area contributed by atoms with Crippen LogP contribution < -0.4 is 17.0 Å². The van der Waals surface area contributed by atoms with Crippen molar-refractivity contribution in [3.63, 3.8) is 0 Å². The number of aliphatic hydroxyl groups is 1. The second-order valence-electron chi connectivity index (χ2n) is 13.3. The summed E-state index contributed by atoms with van der Waals surface area (Å²) in [5, 5.41) is 10.4. The zero-order valence-electron chi connectivity index (χ0n) is 28.9. The topological polar surface area (TPSA) is 40.5 Å². The Kier molecular flexibility index (Phi) is 31.4. The zero-order valence-corrected chi connectivity index (χ0v) is 30.5. The summed E-state index contributed by atoms with van der Waals surface area (Å²) in [6.07, 6.45) is 32.4. The minimum Gasteiger partial charge on any atom is -1.00 e. The Morgan fingerprint density at radius 3 is 1.07 bits per heavy atom. The Morgan fingerprint density at radius 2 is 0.829 bits per heavy atom. The molecule has 2 atom stereocenters. The van der Waals surface area contributed by atoms with Gasteiger partial charge in [-0.25, -0.2) is 0 Å². The lowest BCUT2D eigenvalue weighted by molar-refractivity contribution is -0.949. The summed E-state index contributed by atoms with van der Waals surface area (Å²) in [5.74, 6) is 0.250. The fraction of sp³-hybridized carbons (Fsp3) is 0.972. The average molecular weight is 648 g/mol. The minimum atomic E-state index is -0.547. The molecule has 0 radical (unpaired) electrons. The van der Waals surface area contributed by atoms with Crippen molar-refractivity contribution in [1.29, 1.82) is 0 Å². The second-order valence-corrected chi connectivity index (χ2v) is 13.3. The van der Waals surface area contributed by atoms with Gasteiger partial charge in [0.2, 0.25) is 0 Å². The highest BCUT2D eigenvalue weighted by Crippen LogP contribution is 2.19. The first-order chi connectivity index (χ1) is 19.3. The van der Waals surface area contributed by atoms with E-state index in [0.29, 0.717) is 4.48 Å². The van der Waals surface area contributed by atoms with E-state index in [1.165, 1.54) is 141 Å². The highest BCUT2D eigenvalue weighted by molar-refractivity contribution is 5.80. The van der Waals surface area contributed by atoms with Crippen molar-refractivity contribution in [3.8, 4) is 0 Å². The summed E-state index contributed by atoms with van der Waals surface area (Å²) in [5.41, 5.74) is 0. The summed E-state index contributed by atoms with van der Waals surface area (Å²) < 4.78 is 0.350. The van der Waals surface area contributed by atoms with E-state index in [2.05, 4.69) is 25.7 Å². The standard InChI is InChI=1S/C36H75N2O2.BrH/c1-7-10-12-14-16-18-20-22-24-26-28-30-32-37(36(40)35(9-3)38(5,6)34(4)39)33-31-29-27-25-23-21-19-17-15-13-11-8-2;/h34-35,39H,7-33H2,1-6H3;1H/q+1;/p-1. The van der Waals surface area contributed by atoms with Gasteiger partial charge in [-0.05, 0) is 12.8 Å². The van der Waals surface area contributed by atoms with Crippen LogP contribution in [0.4, 0.5) is 0 Å². The van der Waals surface area contributed by atoms with Crippen molar-refractivity contribution in [2.24, 2.45) is 0 Å². The number of quaternary nitrogens is 1. The monoisotopic (exact) mass is 647 g/mol. The van der Waals surface area contributed by atoms with Crippen molar-refractivity contribution >= 4 is 5.91 Å². The Bertz CT molecular complexity index is 528. The fourth-order valence-electron chi connectivity index (χ4n) is 6.02. The molecular weight excluding hydrogens is 572 g/mol. The van der Waals surface area contributed by atoms with E-state index >= 15 is 0 Å². The normalized spacial score (nSPS) is 13.1. The quantitative estimate of drug-likeness (QED) is 0.0501. The zero-order chi connectivity index (χ0) is 29.9. The molecule has 41 heavy (non-hydrogen) atoms. The molecule has 5 heteroatoms. The molecular formula is C36H75BrN2O2. The molecule has 0 spiro atoms. The molecule has 4 nitrogen and oxygen atoms in total. The molecule has 0 aromatic heterocycles. The molecule has 0 aliphatic carbocycles. The number of carbonyl (C=O) groups is 1. The van der Waals surface area contributed by atoms with Crippen LogP contribution >= 0.6 is 0 Å². The molecule has 0 bridgehead atoms. The van der Waals surface area contributed by atoms with Gasteiger partial charge in [0.25, 0.3) is 5.91 Å². The molecule has 2 unspecified atom stereocenters. The highest BCUT2D eigenvalue weighted by atomic mass is 79.9. The lowest BCUT2D eigenvalue weighted by atomic mass is 10.0. The Labute approximate surface area is 269 Å². The van der Waals surface area contributed by atoms with Crippen LogP contribution in [0.5, 0.6) is 0 Å². The van der Waals surface area contributed by atoms with E-state index in [4.69, 9.17) is 0 Å². The largest absolute Gasteiger partial charge is 1.00 e. The molecule has 1 amide bonds. The number of nitrogens with zero attached hydrogens (tertiary/aromatic N) is 2. The van der Waals surface area contributed by atoms with E-state index in [1.807, 2.05) is 21.0 Å². The van der Waals surface area contributed by atoms with Crippen molar-refractivity contribution in [3.05, 3.63) is 0 Å². The third-order valence-corrected chi connectivity index (χ3v) is 9.31. The number of halogens is 1. The maximum atomic E-state index is 13.7. The number of rotatable bonds is 30. The lowest BCUT2D eigenvalue weighted by Crippen LogP contribution is -3.00. The molecule has 0 fully saturated rings. The molecule has 1 N–H and O–H groups in total. The van der Waals surface area contributed by atoms with Gasteiger partial charge >= 0.3 is 0 Å². The van der Waals surface area contributed by atoms with Crippen LogP contribution in [0.3, 0.4) is 0 Å². The highest BCUT2D eigenvalue weighted by Gasteiger charge is 2.39. The molecule has 0 saturated carbocycles. The van der Waals surface area contributed by atoms with E-state index < -0.39 is 6.23 Å². The van der Waals surface area contributed by atoms with Gasteiger partial charge in [-0.3, -0.25) is 9.28 Å². The fourth-order valence-corrected chi connectivity index (χ4v) is 6.02. The molecule has 0 aromatic carbocycles. The minimum absolute atomic E-state index is 0. The van der Waals surface area contributed by atoms with Gasteiger partial charge in [-0.15, -0.1) is 0 Å². The SMILES string of the molecule is CCCCCCCCCCCCCCN(CCCCCCCCCCCCCC)C(=O)C(CC)[N+](C)(C)C(C)O.[Br-]. The maximum absolute atomic E-state index is 13.7. The van der Waals surface area contributed by atoms with Crippen LogP contribution in [0.25, 0.3) is 0 Å². The van der Waals surface area contributed by atoms with E-state index in [9.17, 15) is 9.90 Å². The number of hydrogen-bond acceptors (Lipinski definition) is 2. The molecule has 0 aliphatic heterocycles. The van der Waals surface area contributed by atoms with Crippen LogP contribution in [-0.4, -0.2) is 59.9 Å². The smallest absolute Gasteiger partial charge is 0.281 e. The van der Waals surface area contributed by atoms with E-state index in [-0.39, 0.29) is 28.9 Å². The van der Waals surface area contributed by atoms with Crippen molar-refractivity contribution in [2.45, 2.75) is 200 Å². The van der Waals surface area contributed by atoms with Gasteiger partial charge in [-0.2, -0.15) is 0 Å². The molecule has 248 valence electrons. The predicted octanol–water partition coefficient (Wildman–Crippen LogP) is 7.41. The summed E-state index contributed by atoms with van der Waals surface area (Å²) in [6.45, 7) is 10.2. The Balaban J connectivity index is 0. The van der Waals surface area contributed by atoms with Crippen LogP contribution in [0.1, 0.15) is 188 Å². The maximum Gasteiger partial charge on any atom is 0.281 e. The van der Waals surface area contributed by atoms with Crippen molar-refractivity contribution in [2.75, 3.05) is 27.2 Å². The number of aliphatic hydroxyl groups excluding tert-OH is 1. The molecule has 0 heterocycles. The predicted molar refractivity (Wildman–Crippen MR) is 177 cm³/mol. The van der Waals surface area contributed by atoms with Gasteiger partial charge in [0.05, 0.1) is 14.1 Å². The number of amides is 1. The third-order valence-electron chi connectivity index (χ3n) is 9.31. The van der Waals surface area contributed by atoms with E-state index in [0.717, 1.165) is 32.4 Å². The summed E-state index contributed by atoms with van der Waals surface area (Å²) in [7, 11) is 4.01. The van der Waals surface area contributed by atoms with Crippen LogP contribution in [0, 0.1) is 0 Å². The first-order valence-electron chi connectivity index (χ1n) is 18.1. The summed E-state index contributed by atoms with van der Waals surface area (Å²) in [6, 6.07) is -0.172. The Morgan fingerprint density at radius 1 is 0.561 bits per heavy atom. The van der Waals surface area contributed by atoms with Gasteiger partial charge in [0, 0.05) is 26.4 Å². The number of carbonyl (C=O) groups excluding carboxylic acids is 1. The number of likely N-dealkylation sites (N-methyl/N-ethyl adjacent to an activating group) is 1. The summed E-state index contributed by atoms with van der Waals surface area (Å²) >= 11 is 0. The van der Waals surface area contributed by atoms with Gasteiger partial charge in [0.1, 0.15) is 0 Å². The van der Waals surface area contributed by atoms with E-state index in [1.54, 1.807) is 0 Å². The third kappa shape index (κ3) is 23.0. The second kappa shape index (κ2) is 29.9. The van der Waals surface area contributed by atoms with Crippen molar-refractivity contribution in [1.82, 2.24) is 4.90 Å². The number of hydrogen-bond donors (Lipinski definition) is 1. The molecule has 0 saturated heterocycles. The molecule has 0 aliphatic rings. The average Bonchev–Trinajstić information content (AvgIpc) is 2.93. The van der Waals surface area contributed by atoms with Gasteiger partial charge in [-0.1, -0.05) is 162 Å². The van der Waals surface area contributed by atoms with Gasteiger partial charge < -0.3 is 27.0 Å². The first kappa shape index (κ1) is 43.0. The molecule has 0 aromatic rings. The van der Waals surface area contributed by atoms with Gasteiger partial charge in [0.15, 0.2) is 12.3 Å². The van der Waals surface area contributed by atoms with Crippen LogP contribution in [0.2, 0.25) is 0 Å². The first-order valence-corrected chi connectivity index (χ1v) is 18.1. The van der Waals surface area contributed by atoms with Crippen LogP contribution in [-0.2, 0) is 4.79 Å². The number of unbranched alkanes of at least 4 members (excludes halogenated alkanes) is 22. The lowest BCUT2D eigenvalue weighted by Gasteiger charge is -2.41. The van der Waals surface area contributed by atoms with Crippen molar-refractivity contribution < 1.29 is 31.4 Å². The van der Waals surface area contributed by atoms with Crippen LogP contribution in [0.15, 0.2) is 0 Å².